The van der Waals surface area contributed by atoms with E-state index in [1.807, 2.05) is 0 Å². The average Bonchev–Trinajstić information content (AvgIpc) is 2.60. The first-order chi connectivity index (χ1) is 6.84. The third kappa shape index (κ3) is 2.32. The van der Waals surface area contributed by atoms with Gasteiger partial charge in [-0.15, -0.1) is 0 Å². The van der Waals surface area contributed by atoms with Crippen molar-refractivity contribution < 1.29 is 9.32 Å². The summed E-state index contributed by atoms with van der Waals surface area (Å²) >= 11 is 0. The Morgan fingerprint density at radius 3 is 3.14 bits per heavy atom. The molecular weight excluding hydrogens is 182 g/mol. The van der Waals surface area contributed by atoms with Crippen LogP contribution in [0.3, 0.4) is 0 Å². The first-order valence-corrected chi connectivity index (χ1v) is 4.71. The molecule has 2 N–H and O–H groups in total. The lowest BCUT2D eigenvalue weighted by Crippen LogP contribution is -2.44. The minimum Gasteiger partial charge on any atom is -0.360 e. The van der Waals surface area contributed by atoms with Crippen molar-refractivity contribution >= 4 is 5.91 Å². The summed E-state index contributed by atoms with van der Waals surface area (Å²) < 4.78 is 4.85. The fraction of sp³-hybridized carbons (Fsp3) is 0.556. The third-order valence-electron chi connectivity index (χ3n) is 2.29. The Balaban J connectivity index is 1.67. The zero-order valence-corrected chi connectivity index (χ0v) is 7.82. The van der Waals surface area contributed by atoms with Crippen molar-refractivity contribution in [2.24, 2.45) is 5.92 Å². The van der Waals surface area contributed by atoms with Crippen molar-refractivity contribution in [1.29, 1.82) is 0 Å². The quantitative estimate of drug-likeness (QED) is 0.704. The summed E-state index contributed by atoms with van der Waals surface area (Å²) in [5.41, 5.74) is 0. The summed E-state index contributed by atoms with van der Waals surface area (Å²) in [5.74, 6) is 1.27. The van der Waals surface area contributed by atoms with Gasteiger partial charge in [-0.1, -0.05) is 5.16 Å². The second-order valence-electron chi connectivity index (χ2n) is 3.48. The van der Waals surface area contributed by atoms with Crippen LogP contribution in [0.4, 0.5) is 0 Å². The zero-order chi connectivity index (χ0) is 9.80. The van der Waals surface area contributed by atoms with Gasteiger partial charge in [0, 0.05) is 12.5 Å². The molecule has 0 radical (unpaired) electrons. The Bertz CT molecular complexity index is 293. The largest absolute Gasteiger partial charge is 0.360 e. The van der Waals surface area contributed by atoms with Gasteiger partial charge < -0.3 is 15.2 Å². The maximum absolute atomic E-state index is 11.3. The van der Waals surface area contributed by atoms with Gasteiger partial charge in [-0.2, -0.15) is 0 Å². The van der Waals surface area contributed by atoms with Crippen molar-refractivity contribution in [3.05, 3.63) is 18.0 Å². The highest BCUT2D eigenvalue weighted by Crippen LogP contribution is 2.07. The van der Waals surface area contributed by atoms with Crippen LogP contribution in [0.25, 0.3) is 0 Å². The van der Waals surface area contributed by atoms with Crippen molar-refractivity contribution in [1.82, 2.24) is 15.8 Å². The molecule has 5 heteroatoms. The van der Waals surface area contributed by atoms with Gasteiger partial charge in [0.2, 0.25) is 5.91 Å². The van der Waals surface area contributed by atoms with E-state index in [9.17, 15) is 4.79 Å². The van der Waals surface area contributed by atoms with Gasteiger partial charge in [-0.25, -0.2) is 0 Å². The fourth-order valence-electron chi connectivity index (χ4n) is 1.35. The fourth-order valence-corrected chi connectivity index (χ4v) is 1.35. The van der Waals surface area contributed by atoms with Gasteiger partial charge in [0.25, 0.3) is 0 Å². The number of hydrogen-bond acceptors (Lipinski definition) is 4. The lowest BCUT2D eigenvalue weighted by molar-refractivity contribution is -0.122. The summed E-state index contributed by atoms with van der Waals surface area (Å²) in [4.78, 5) is 11.3. The molecule has 0 atom stereocenters. The standard InChI is InChI=1S/C9H13N3O2/c13-9(3-7-4-10-5-7)11-6-8-1-2-12-14-8/h1-2,7,10H,3-6H2,(H,11,13). The molecule has 1 amide bonds. The summed E-state index contributed by atoms with van der Waals surface area (Å²) in [7, 11) is 0. The van der Waals surface area contributed by atoms with Crippen LogP contribution >= 0.6 is 0 Å². The molecule has 1 aromatic rings. The van der Waals surface area contributed by atoms with Crippen LogP contribution in [-0.2, 0) is 11.3 Å². The van der Waals surface area contributed by atoms with E-state index in [1.165, 1.54) is 0 Å². The molecule has 0 aromatic carbocycles. The molecule has 1 aliphatic heterocycles. The molecule has 1 saturated heterocycles. The molecule has 0 spiro atoms. The lowest BCUT2D eigenvalue weighted by atomic mass is 9.99. The van der Waals surface area contributed by atoms with E-state index < -0.39 is 0 Å². The molecule has 0 bridgehead atoms. The highest BCUT2D eigenvalue weighted by atomic mass is 16.5. The number of nitrogens with zero attached hydrogens (tertiary/aromatic N) is 1. The molecule has 0 unspecified atom stereocenters. The maximum atomic E-state index is 11.3. The van der Waals surface area contributed by atoms with Crippen molar-refractivity contribution in [3.8, 4) is 0 Å². The smallest absolute Gasteiger partial charge is 0.220 e. The molecule has 0 aliphatic carbocycles. The molecule has 2 heterocycles. The number of carbonyl (C=O) groups is 1. The summed E-state index contributed by atoms with van der Waals surface area (Å²) in [6.45, 7) is 2.34. The van der Waals surface area contributed by atoms with Crippen LogP contribution < -0.4 is 10.6 Å². The third-order valence-corrected chi connectivity index (χ3v) is 2.29. The number of nitrogens with one attached hydrogen (secondary N) is 2. The number of aromatic nitrogens is 1. The normalized spacial score (nSPS) is 16.3. The minimum absolute atomic E-state index is 0.0768. The van der Waals surface area contributed by atoms with E-state index in [-0.39, 0.29) is 5.91 Å². The Morgan fingerprint density at radius 1 is 1.71 bits per heavy atom. The van der Waals surface area contributed by atoms with Crippen molar-refractivity contribution in [3.63, 3.8) is 0 Å². The molecule has 76 valence electrons. The van der Waals surface area contributed by atoms with Crippen LogP contribution in [0.1, 0.15) is 12.2 Å². The van der Waals surface area contributed by atoms with Gasteiger partial charge in [0.15, 0.2) is 5.76 Å². The summed E-state index contributed by atoms with van der Waals surface area (Å²) in [5, 5.41) is 9.46. The van der Waals surface area contributed by atoms with Crippen LogP contribution in [0.2, 0.25) is 0 Å². The van der Waals surface area contributed by atoms with Gasteiger partial charge in [0.05, 0.1) is 12.7 Å². The number of rotatable bonds is 4. The van der Waals surface area contributed by atoms with Crippen molar-refractivity contribution in [2.75, 3.05) is 13.1 Å². The highest BCUT2D eigenvalue weighted by molar-refractivity contribution is 5.76. The molecule has 5 nitrogen and oxygen atoms in total. The first-order valence-electron chi connectivity index (χ1n) is 4.71. The van der Waals surface area contributed by atoms with E-state index in [0.717, 1.165) is 13.1 Å². The van der Waals surface area contributed by atoms with Crippen molar-refractivity contribution in [2.45, 2.75) is 13.0 Å². The van der Waals surface area contributed by atoms with E-state index in [4.69, 9.17) is 4.52 Å². The van der Waals surface area contributed by atoms with E-state index in [0.29, 0.717) is 24.6 Å². The second kappa shape index (κ2) is 4.23. The van der Waals surface area contributed by atoms with Crippen LogP contribution in [-0.4, -0.2) is 24.2 Å². The molecule has 14 heavy (non-hydrogen) atoms. The summed E-state index contributed by atoms with van der Waals surface area (Å²) in [6.07, 6.45) is 2.17. The molecular formula is C9H13N3O2. The number of hydrogen-bond donors (Lipinski definition) is 2. The SMILES string of the molecule is O=C(CC1CNC1)NCc1ccno1. The molecule has 1 fully saturated rings. The van der Waals surface area contributed by atoms with Gasteiger partial charge in [-0.05, 0) is 19.0 Å². The second-order valence-corrected chi connectivity index (χ2v) is 3.48. The van der Waals surface area contributed by atoms with E-state index >= 15 is 0 Å². The van der Waals surface area contributed by atoms with Crippen LogP contribution in [0.5, 0.6) is 0 Å². The number of carbonyl (C=O) groups excluding carboxylic acids is 1. The van der Waals surface area contributed by atoms with Gasteiger partial charge in [-0.3, -0.25) is 4.79 Å². The lowest BCUT2D eigenvalue weighted by Gasteiger charge is -2.26. The van der Waals surface area contributed by atoms with E-state index in [2.05, 4.69) is 15.8 Å². The Hall–Kier alpha value is -1.36. The Labute approximate surface area is 81.8 Å². The van der Waals surface area contributed by atoms with E-state index in [1.54, 1.807) is 12.3 Å². The first kappa shape index (κ1) is 9.21. The molecule has 1 aliphatic rings. The Morgan fingerprint density at radius 2 is 2.57 bits per heavy atom. The zero-order valence-electron chi connectivity index (χ0n) is 7.82. The Kier molecular flexibility index (Phi) is 2.78. The maximum Gasteiger partial charge on any atom is 0.220 e. The van der Waals surface area contributed by atoms with Crippen LogP contribution in [0.15, 0.2) is 16.8 Å². The topological polar surface area (TPSA) is 67.2 Å². The predicted molar refractivity (Wildman–Crippen MR) is 49.3 cm³/mol. The highest BCUT2D eigenvalue weighted by Gasteiger charge is 2.19. The molecule has 2 rings (SSSR count). The molecule has 0 saturated carbocycles. The number of amides is 1. The van der Waals surface area contributed by atoms with Crippen LogP contribution in [0, 0.1) is 5.92 Å². The average molecular weight is 195 g/mol. The monoisotopic (exact) mass is 195 g/mol. The summed E-state index contributed by atoms with van der Waals surface area (Å²) in [6, 6.07) is 1.74. The predicted octanol–water partition coefficient (Wildman–Crippen LogP) is -0.0997. The van der Waals surface area contributed by atoms with Gasteiger partial charge >= 0.3 is 0 Å². The minimum atomic E-state index is 0.0768. The molecule has 1 aromatic heterocycles. The van der Waals surface area contributed by atoms with Gasteiger partial charge in [0.1, 0.15) is 0 Å².